The highest BCUT2D eigenvalue weighted by molar-refractivity contribution is 5.76. The Bertz CT molecular complexity index is 551. The predicted molar refractivity (Wildman–Crippen MR) is 97.6 cm³/mol. The summed E-state index contributed by atoms with van der Waals surface area (Å²) in [6, 6.07) is 10.3. The molecule has 1 aromatic carbocycles. The number of likely N-dealkylation sites (tertiary alicyclic amines) is 2. The molecule has 2 saturated heterocycles. The van der Waals surface area contributed by atoms with Crippen LogP contribution in [0.25, 0.3) is 0 Å². The number of β-amino-alcohol motifs (C(OH)–C–C–N with tert-alkyl or cyclic N) is 1. The van der Waals surface area contributed by atoms with Crippen LogP contribution < -0.4 is 4.74 Å². The van der Waals surface area contributed by atoms with E-state index in [0.717, 1.165) is 44.5 Å². The molecule has 2 aliphatic rings. The number of hydrogen-bond acceptors (Lipinski definition) is 4. The normalized spacial score (nSPS) is 25.3. The molecule has 1 amide bonds. The highest BCUT2D eigenvalue weighted by Crippen LogP contribution is 2.30. The van der Waals surface area contributed by atoms with E-state index < -0.39 is 6.10 Å². The summed E-state index contributed by atoms with van der Waals surface area (Å²) in [4.78, 5) is 16.7. The summed E-state index contributed by atoms with van der Waals surface area (Å²) < 4.78 is 5.67. The van der Waals surface area contributed by atoms with Gasteiger partial charge in [0.05, 0.1) is 0 Å². The van der Waals surface area contributed by atoms with Gasteiger partial charge in [-0.25, -0.2) is 0 Å². The summed E-state index contributed by atoms with van der Waals surface area (Å²) in [6.45, 7) is 4.74. The molecule has 3 atom stereocenters. The van der Waals surface area contributed by atoms with Gasteiger partial charge in [-0.05, 0) is 44.4 Å². The summed E-state index contributed by atoms with van der Waals surface area (Å²) in [5, 5.41) is 10.4. The van der Waals surface area contributed by atoms with Crippen molar-refractivity contribution in [2.75, 3.05) is 26.2 Å². The molecule has 1 aromatic rings. The molecule has 0 radical (unpaired) electrons. The molecule has 0 aliphatic carbocycles. The smallest absolute Gasteiger partial charge is 0.222 e. The maximum Gasteiger partial charge on any atom is 0.222 e. The van der Waals surface area contributed by atoms with Crippen LogP contribution in [-0.2, 0) is 4.79 Å². The highest BCUT2D eigenvalue weighted by atomic mass is 16.5. The van der Waals surface area contributed by atoms with Gasteiger partial charge in [0.25, 0.3) is 0 Å². The maximum atomic E-state index is 12.2. The first-order valence-electron chi connectivity index (χ1n) is 9.58. The summed E-state index contributed by atoms with van der Waals surface area (Å²) >= 11 is 0. The Labute approximate surface area is 150 Å². The SMILES string of the molecule is CCC(=O)N1CCC[C@@H]1[C@@H]1CCCN1C[C@@H](O)COc1ccccc1. The number of aliphatic hydroxyl groups excluding tert-OH is 1. The van der Waals surface area contributed by atoms with Crippen LogP contribution in [0.5, 0.6) is 5.75 Å². The molecule has 2 aliphatic heterocycles. The number of amides is 1. The molecule has 138 valence electrons. The van der Waals surface area contributed by atoms with Crippen LogP contribution in [0.1, 0.15) is 39.0 Å². The van der Waals surface area contributed by atoms with Crippen molar-refractivity contribution in [3.8, 4) is 5.75 Å². The number of benzene rings is 1. The molecule has 1 N–H and O–H groups in total. The third-order valence-corrected chi connectivity index (χ3v) is 5.41. The van der Waals surface area contributed by atoms with Crippen molar-refractivity contribution in [1.82, 2.24) is 9.80 Å². The van der Waals surface area contributed by atoms with Crippen molar-refractivity contribution >= 4 is 5.91 Å². The Morgan fingerprint density at radius 3 is 2.68 bits per heavy atom. The first-order valence-corrected chi connectivity index (χ1v) is 9.58. The van der Waals surface area contributed by atoms with E-state index in [4.69, 9.17) is 4.74 Å². The lowest BCUT2D eigenvalue weighted by Gasteiger charge is -2.35. The van der Waals surface area contributed by atoms with E-state index in [2.05, 4.69) is 9.80 Å². The van der Waals surface area contributed by atoms with Gasteiger partial charge in [-0.3, -0.25) is 9.69 Å². The topological polar surface area (TPSA) is 53.0 Å². The third-order valence-electron chi connectivity index (χ3n) is 5.41. The van der Waals surface area contributed by atoms with Crippen LogP contribution in [0.4, 0.5) is 0 Å². The van der Waals surface area contributed by atoms with Gasteiger partial charge in [0, 0.05) is 31.6 Å². The fourth-order valence-electron chi connectivity index (χ4n) is 4.25. The lowest BCUT2D eigenvalue weighted by Crippen LogP contribution is -2.50. The van der Waals surface area contributed by atoms with E-state index >= 15 is 0 Å². The molecule has 0 bridgehead atoms. The molecule has 0 spiro atoms. The molecule has 2 fully saturated rings. The second-order valence-electron chi connectivity index (χ2n) is 7.13. The number of aliphatic hydroxyl groups is 1. The minimum Gasteiger partial charge on any atom is -0.491 e. The number of carbonyl (C=O) groups is 1. The van der Waals surface area contributed by atoms with Gasteiger partial charge in [-0.15, -0.1) is 0 Å². The number of rotatable bonds is 7. The van der Waals surface area contributed by atoms with Crippen molar-refractivity contribution in [2.45, 2.75) is 57.2 Å². The van der Waals surface area contributed by atoms with Gasteiger partial charge < -0.3 is 14.7 Å². The fraction of sp³-hybridized carbons (Fsp3) is 0.650. The monoisotopic (exact) mass is 346 g/mol. The van der Waals surface area contributed by atoms with E-state index in [1.807, 2.05) is 37.3 Å². The summed E-state index contributed by atoms with van der Waals surface area (Å²) in [5.74, 6) is 1.05. The molecule has 5 nitrogen and oxygen atoms in total. The molecule has 3 rings (SSSR count). The zero-order valence-corrected chi connectivity index (χ0v) is 15.1. The summed E-state index contributed by atoms with van der Waals surface area (Å²) in [6.07, 6.45) is 4.50. The van der Waals surface area contributed by atoms with Gasteiger partial charge in [0.2, 0.25) is 5.91 Å². The summed E-state index contributed by atoms with van der Waals surface area (Å²) in [5.41, 5.74) is 0. The van der Waals surface area contributed by atoms with Crippen LogP contribution in [0.3, 0.4) is 0 Å². The molecule has 0 saturated carbocycles. The standard InChI is InChI=1S/C20H30N2O3/c1-2-20(24)22-13-7-11-19(22)18-10-6-12-21(18)14-16(23)15-25-17-8-4-3-5-9-17/h3-5,8-9,16,18-19,23H,2,6-7,10-15H2,1H3/t16-,18+,19-/m1/s1. The van der Waals surface area contributed by atoms with E-state index in [0.29, 0.717) is 31.7 Å². The summed E-state index contributed by atoms with van der Waals surface area (Å²) in [7, 11) is 0. The Kier molecular flexibility index (Phi) is 6.32. The van der Waals surface area contributed by atoms with Gasteiger partial charge in [-0.1, -0.05) is 25.1 Å². The number of hydrogen-bond donors (Lipinski definition) is 1. The van der Waals surface area contributed by atoms with Gasteiger partial charge in [0.15, 0.2) is 0 Å². The second kappa shape index (κ2) is 8.68. The van der Waals surface area contributed by atoms with Crippen LogP contribution in [0.2, 0.25) is 0 Å². The largest absolute Gasteiger partial charge is 0.491 e. The average Bonchev–Trinajstić information content (AvgIpc) is 3.29. The Morgan fingerprint density at radius 2 is 1.92 bits per heavy atom. The molecular weight excluding hydrogens is 316 g/mol. The van der Waals surface area contributed by atoms with Crippen molar-refractivity contribution in [3.63, 3.8) is 0 Å². The van der Waals surface area contributed by atoms with Crippen LogP contribution >= 0.6 is 0 Å². The molecule has 25 heavy (non-hydrogen) atoms. The highest BCUT2D eigenvalue weighted by Gasteiger charge is 2.39. The van der Waals surface area contributed by atoms with Crippen molar-refractivity contribution < 1.29 is 14.6 Å². The quantitative estimate of drug-likeness (QED) is 0.823. The average molecular weight is 346 g/mol. The van der Waals surface area contributed by atoms with Crippen LogP contribution in [-0.4, -0.2) is 65.2 Å². The first-order chi connectivity index (χ1) is 12.2. The Hall–Kier alpha value is -1.59. The number of ether oxygens (including phenoxy) is 1. The molecule has 0 aromatic heterocycles. The molecule has 5 heteroatoms. The zero-order chi connectivity index (χ0) is 17.6. The van der Waals surface area contributed by atoms with Gasteiger partial charge in [-0.2, -0.15) is 0 Å². The first kappa shape index (κ1) is 18.2. The zero-order valence-electron chi connectivity index (χ0n) is 15.1. The third kappa shape index (κ3) is 4.53. The number of para-hydroxylation sites is 1. The second-order valence-corrected chi connectivity index (χ2v) is 7.13. The van der Waals surface area contributed by atoms with E-state index in [1.54, 1.807) is 0 Å². The minimum absolute atomic E-state index is 0.266. The van der Waals surface area contributed by atoms with Crippen molar-refractivity contribution in [3.05, 3.63) is 30.3 Å². The Morgan fingerprint density at radius 1 is 1.20 bits per heavy atom. The van der Waals surface area contributed by atoms with Crippen molar-refractivity contribution in [2.24, 2.45) is 0 Å². The fourth-order valence-corrected chi connectivity index (χ4v) is 4.25. The molecule has 2 heterocycles. The van der Waals surface area contributed by atoms with Gasteiger partial charge >= 0.3 is 0 Å². The number of nitrogens with zero attached hydrogens (tertiary/aromatic N) is 2. The van der Waals surface area contributed by atoms with E-state index in [-0.39, 0.29) is 5.91 Å². The molecular formula is C20H30N2O3. The molecule has 0 unspecified atom stereocenters. The van der Waals surface area contributed by atoms with E-state index in [9.17, 15) is 9.90 Å². The minimum atomic E-state index is -0.516. The van der Waals surface area contributed by atoms with Crippen LogP contribution in [0, 0.1) is 0 Å². The maximum absolute atomic E-state index is 12.2. The Balaban J connectivity index is 1.53. The lowest BCUT2D eigenvalue weighted by atomic mass is 10.0. The number of carbonyl (C=O) groups excluding carboxylic acids is 1. The van der Waals surface area contributed by atoms with Crippen LogP contribution in [0.15, 0.2) is 30.3 Å². The van der Waals surface area contributed by atoms with Gasteiger partial charge in [0.1, 0.15) is 18.5 Å². The predicted octanol–water partition coefficient (Wildman–Crippen LogP) is 2.29. The van der Waals surface area contributed by atoms with E-state index in [1.165, 1.54) is 0 Å². The lowest BCUT2D eigenvalue weighted by molar-refractivity contribution is -0.132. The van der Waals surface area contributed by atoms with Crippen molar-refractivity contribution in [1.29, 1.82) is 0 Å².